The summed E-state index contributed by atoms with van der Waals surface area (Å²) in [7, 11) is 0. The van der Waals surface area contributed by atoms with E-state index in [2.05, 4.69) is 59.2 Å². The van der Waals surface area contributed by atoms with Crippen LogP contribution in [0.25, 0.3) is 10.9 Å². The summed E-state index contributed by atoms with van der Waals surface area (Å²) < 4.78 is 2.31. The van der Waals surface area contributed by atoms with E-state index in [-0.39, 0.29) is 6.04 Å². The predicted octanol–water partition coefficient (Wildman–Crippen LogP) is 4.92. The molecule has 1 aliphatic rings. The quantitative estimate of drug-likeness (QED) is 0.673. The van der Waals surface area contributed by atoms with E-state index in [1.807, 2.05) is 6.07 Å². The fourth-order valence-electron chi connectivity index (χ4n) is 3.78. The van der Waals surface area contributed by atoms with Crippen molar-refractivity contribution in [3.8, 4) is 0 Å². The van der Waals surface area contributed by atoms with Crippen molar-refractivity contribution < 1.29 is 4.79 Å². The van der Waals surface area contributed by atoms with E-state index in [0.717, 1.165) is 32.1 Å². The van der Waals surface area contributed by atoms with Gasteiger partial charge in [0.1, 0.15) is 0 Å². The maximum atomic E-state index is 12.5. The first-order valence-corrected chi connectivity index (χ1v) is 8.48. The summed E-state index contributed by atoms with van der Waals surface area (Å²) in [4.78, 5) is 12.5. The Morgan fingerprint density at radius 3 is 2.57 bits per heavy atom. The smallest absolute Gasteiger partial charge is 0.155 e. The van der Waals surface area contributed by atoms with E-state index in [9.17, 15) is 4.79 Å². The molecule has 0 spiro atoms. The summed E-state index contributed by atoms with van der Waals surface area (Å²) in [6, 6.07) is 21.2. The molecule has 2 aromatic carbocycles. The summed E-state index contributed by atoms with van der Waals surface area (Å²) in [5, 5.41) is 1.23. The molecular formula is C21H21NO. The summed E-state index contributed by atoms with van der Waals surface area (Å²) in [6.07, 6.45) is 4.76. The number of nitrogens with zero attached hydrogens (tertiary/aromatic N) is 1. The Bertz CT molecular complexity index is 831. The second-order valence-corrected chi connectivity index (χ2v) is 6.45. The molecule has 0 aliphatic heterocycles. The Balaban J connectivity index is 1.82. The zero-order valence-electron chi connectivity index (χ0n) is 13.2. The Morgan fingerprint density at radius 2 is 1.74 bits per heavy atom. The van der Waals surface area contributed by atoms with Crippen LogP contribution in [0, 0.1) is 0 Å². The van der Waals surface area contributed by atoms with Crippen LogP contribution in [-0.2, 0) is 11.2 Å². The van der Waals surface area contributed by atoms with Gasteiger partial charge in [-0.15, -0.1) is 0 Å². The van der Waals surface area contributed by atoms with Crippen molar-refractivity contribution in [2.24, 2.45) is 0 Å². The molecule has 1 unspecified atom stereocenters. The number of Topliss-reactive ketones (excluding diaryl/α,β-unsaturated/α-hetero) is 1. The molecule has 23 heavy (non-hydrogen) atoms. The maximum absolute atomic E-state index is 12.5. The van der Waals surface area contributed by atoms with Crippen LogP contribution in [0.5, 0.6) is 0 Å². The number of rotatable bonds is 3. The van der Waals surface area contributed by atoms with E-state index in [4.69, 9.17) is 0 Å². The highest BCUT2D eigenvalue weighted by atomic mass is 16.1. The van der Waals surface area contributed by atoms with Crippen LogP contribution in [0.15, 0.2) is 60.7 Å². The monoisotopic (exact) mass is 303 g/mol. The van der Waals surface area contributed by atoms with Crippen molar-refractivity contribution in [2.75, 3.05) is 0 Å². The molecular weight excluding hydrogens is 282 g/mol. The minimum Gasteiger partial charge on any atom is -0.334 e. The third kappa shape index (κ3) is 2.70. The van der Waals surface area contributed by atoms with Gasteiger partial charge in [-0.2, -0.15) is 0 Å². The number of hydrogen-bond acceptors (Lipinski definition) is 1. The highest BCUT2D eigenvalue weighted by molar-refractivity contribution is 5.88. The lowest BCUT2D eigenvalue weighted by atomic mass is 9.93. The van der Waals surface area contributed by atoms with Crippen LogP contribution in [-0.4, -0.2) is 10.4 Å². The van der Waals surface area contributed by atoms with Crippen molar-refractivity contribution >= 4 is 16.7 Å². The molecule has 0 radical (unpaired) electrons. The van der Waals surface area contributed by atoms with Crippen molar-refractivity contribution in [3.63, 3.8) is 0 Å². The van der Waals surface area contributed by atoms with E-state index < -0.39 is 0 Å². The van der Waals surface area contributed by atoms with Gasteiger partial charge >= 0.3 is 0 Å². The van der Waals surface area contributed by atoms with Crippen LogP contribution in [0.4, 0.5) is 0 Å². The third-order valence-electron chi connectivity index (χ3n) is 4.89. The number of fused-ring (bicyclic) bond motifs is 1. The van der Waals surface area contributed by atoms with Gasteiger partial charge in [0.05, 0.1) is 6.04 Å². The van der Waals surface area contributed by atoms with Crippen molar-refractivity contribution in [1.29, 1.82) is 0 Å². The van der Waals surface area contributed by atoms with Gasteiger partial charge in [0, 0.05) is 24.1 Å². The Kier molecular flexibility index (Phi) is 3.74. The fourth-order valence-corrected chi connectivity index (χ4v) is 3.78. The minimum absolute atomic E-state index is 0.0161. The molecule has 2 heteroatoms. The molecule has 1 heterocycles. The van der Waals surface area contributed by atoms with Crippen LogP contribution >= 0.6 is 0 Å². The van der Waals surface area contributed by atoms with Gasteiger partial charge in [-0.3, -0.25) is 4.79 Å². The van der Waals surface area contributed by atoms with Crippen LogP contribution in [0.2, 0.25) is 0 Å². The summed E-state index contributed by atoms with van der Waals surface area (Å²) in [5.41, 5.74) is 3.73. The SMILES string of the molecule is O=C1CCCCC1n1c(Cc2ccccc2)cc2ccccc21. The number of aromatic nitrogens is 1. The van der Waals surface area contributed by atoms with E-state index in [1.54, 1.807) is 0 Å². The third-order valence-corrected chi connectivity index (χ3v) is 4.89. The standard InChI is InChI=1S/C21H21NO/c23-21-13-7-6-12-20(21)22-18(14-16-8-2-1-3-9-16)15-17-10-4-5-11-19(17)22/h1-5,8-11,15,20H,6-7,12-14H2. The molecule has 116 valence electrons. The number of carbonyl (C=O) groups excluding carboxylic acids is 1. The minimum atomic E-state index is 0.0161. The first-order valence-electron chi connectivity index (χ1n) is 8.48. The van der Waals surface area contributed by atoms with Gasteiger partial charge in [-0.1, -0.05) is 55.0 Å². The topological polar surface area (TPSA) is 22.0 Å². The van der Waals surface area contributed by atoms with Gasteiger partial charge in [0.2, 0.25) is 0 Å². The molecule has 3 aromatic rings. The predicted molar refractivity (Wildman–Crippen MR) is 93.7 cm³/mol. The van der Waals surface area contributed by atoms with E-state index >= 15 is 0 Å². The molecule has 0 N–H and O–H groups in total. The number of benzene rings is 2. The molecule has 4 rings (SSSR count). The summed E-state index contributed by atoms with van der Waals surface area (Å²) >= 11 is 0. The Hall–Kier alpha value is -2.35. The second-order valence-electron chi connectivity index (χ2n) is 6.45. The molecule has 1 aromatic heterocycles. The molecule has 2 nitrogen and oxygen atoms in total. The Morgan fingerprint density at radius 1 is 0.957 bits per heavy atom. The molecule has 1 atom stereocenters. The van der Waals surface area contributed by atoms with Gasteiger partial charge < -0.3 is 4.57 Å². The van der Waals surface area contributed by atoms with Crippen LogP contribution in [0.3, 0.4) is 0 Å². The van der Waals surface area contributed by atoms with E-state index in [0.29, 0.717) is 5.78 Å². The largest absolute Gasteiger partial charge is 0.334 e. The number of hydrogen-bond donors (Lipinski definition) is 0. The number of carbonyl (C=O) groups is 1. The fraction of sp³-hybridized carbons (Fsp3) is 0.286. The van der Waals surface area contributed by atoms with Crippen LogP contribution < -0.4 is 0 Å². The van der Waals surface area contributed by atoms with Crippen molar-refractivity contribution in [1.82, 2.24) is 4.57 Å². The van der Waals surface area contributed by atoms with Gasteiger partial charge in [-0.25, -0.2) is 0 Å². The molecule has 1 fully saturated rings. The van der Waals surface area contributed by atoms with Gasteiger partial charge in [0.25, 0.3) is 0 Å². The highest BCUT2D eigenvalue weighted by Gasteiger charge is 2.26. The molecule has 0 amide bonds. The average molecular weight is 303 g/mol. The van der Waals surface area contributed by atoms with Gasteiger partial charge in [-0.05, 0) is 35.9 Å². The summed E-state index contributed by atoms with van der Waals surface area (Å²) in [5.74, 6) is 0.395. The van der Waals surface area contributed by atoms with Crippen molar-refractivity contribution in [3.05, 3.63) is 71.9 Å². The van der Waals surface area contributed by atoms with Crippen LogP contribution in [0.1, 0.15) is 43.0 Å². The zero-order valence-corrected chi connectivity index (χ0v) is 13.2. The lowest BCUT2D eigenvalue weighted by Gasteiger charge is -2.25. The average Bonchev–Trinajstić information content (AvgIpc) is 2.94. The zero-order chi connectivity index (χ0) is 15.6. The Labute approximate surface area is 136 Å². The highest BCUT2D eigenvalue weighted by Crippen LogP contribution is 2.32. The first-order chi connectivity index (χ1) is 11.3. The lowest BCUT2D eigenvalue weighted by molar-refractivity contribution is -0.123. The number of para-hydroxylation sites is 1. The van der Waals surface area contributed by atoms with Gasteiger partial charge in [0.15, 0.2) is 5.78 Å². The normalized spacial score (nSPS) is 18.4. The molecule has 0 bridgehead atoms. The second kappa shape index (κ2) is 6.04. The first kappa shape index (κ1) is 14.3. The molecule has 1 saturated carbocycles. The summed E-state index contributed by atoms with van der Waals surface area (Å²) in [6.45, 7) is 0. The molecule has 0 saturated heterocycles. The van der Waals surface area contributed by atoms with E-state index in [1.165, 1.54) is 22.2 Å². The maximum Gasteiger partial charge on any atom is 0.155 e. The molecule has 1 aliphatic carbocycles. The number of ketones is 1. The lowest BCUT2D eigenvalue weighted by Crippen LogP contribution is -2.24. The van der Waals surface area contributed by atoms with Crippen molar-refractivity contribution in [2.45, 2.75) is 38.1 Å².